The third kappa shape index (κ3) is 6.28. The molecule has 0 saturated heterocycles. The number of hydrogen-bond acceptors (Lipinski definition) is 7. The Kier molecular flexibility index (Phi) is 7.84. The minimum Gasteiger partial charge on any atom is -0.508 e. The van der Waals surface area contributed by atoms with Crippen LogP contribution in [0.5, 0.6) is 28.7 Å². The lowest BCUT2D eigenvalue weighted by molar-refractivity contribution is -0.275. The molecular formula is C18H16B3ClF4O7. The van der Waals surface area contributed by atoms with Crippen molar-refractivity contribution in [2.75, 3.05) is 14.2 Å². The first-order chi connectivity index (χ1) is 15.2. The molecule has 0 fully saturated rings. The summed E-state index contributed by atoms with van der Waals surface area (Å²) in [6.45, 7) is 0. The van der Waals surface area contributed by atoms with Crippen LogP contribution in [0.25, 0.3) is 0 Å². The van der Waals surface area contributed by atoms with Crippen LogP contribution >= 0.6 is 11.6 Å². The average Bonchev–Trinajstić information content (AvgIpc) is 2.69. The van der Waals surface area contributed by atoms with Crippen LogP contribution in [-0.2, 0) is 4.74 Å². The largest absolute Gasteiger partial charge is 0.573 e. The Morgan fingerprint density at radius 3 is 2.12 bits per heavy atom. The molecule has 0 aromatic heterocycles. The third-order valence-corrected chi connectivity index (χ3v) is 4.14. The summed E-state index contributed by atoms with van der Waals surface area (Å²) in [4.78, 5) is 23.8. The fourth-order valence-corrected chi connectivity index (χ4v) is 2.87. The molecule has 0 unspecified atom stereocenters. The van der Waals surface area contributed by atoms with E-state index < -0.39 is 40.7 Å². The zero-order chi connectivity index (χ0) is 25.1. The number of carbonyl (C=O) groups is 2. The number of carbonyl (C=O) groups excluding carboxylic acids is 2. The maximum Gasteiger partial charge on any atom is 0.573 e. The Bertz CT molecular complexity index is 1070. The molecule has 0 saturated carbocycles. The molecule has 0 spiro atoms. The SMILES string of the molecule is BC(B)(B)Oc1c(Oc2cc(Cl)c(C=O)c(OC)c2C(=O)OC)ccc(OC(F)(F)F)c1F. The van der Waals surface area contributed by atoms with Crippen molar-refractivity contribution >= 4 is 47.4 Å². The molecule has 2 rings (SSSR count). The summed E-state index contributed by atoms with van der Waals surface area (Å²) in [5.74, 6) is -5.41. The van der Waals surface area contributed by atoms with Gasteiger partial charge in [0.25, 0.3) is 0 Å². The summed E-state index contributed by atoms with van der Waals surface area (Å²) in [7, 11) is 6.77. The van der Waals surface area contributed by atoms with Crippen LogP contribution in [0.15, 0.2) is 18.2 Å². The monoisotopic (exact) mass is 488 g/mol. The fraction of sp³-hybridized carbons (Fsp3) is 0.222. The van der Waals surface area contributed by atoms with E-state index in [2.05, 4.69) is 4.74 Å². The number of alkyl halides is 3. The third-order valence-electron chi connectivity index (χ3n) is 3.82. The van der Waals surface area contributed by atoms with E-state index in [1.54, 1.807) is 0 Å². The topological polar surface area (TPSA) is 80.3 Å². The minimum absolute atomic E-state index is 0.180. The van der Waals surface area contributed by atoms with Crippen molar-refractivity contribution in [2.45, 2.75) is 11.7 Å². The van der Waals surface area contributed by atoms with Gasteiger partial charge in [0, 0.05) is 11.4 Å². The van der Waals surface area contributed by atoms with Crippen LogP contribution in [-0.4, -0.2) is 61.7 Å². The van der Waals surface area contributed by atoms with Crippen molar-refractivity contribution in [1.82, 2.24) is 0 Å². The van der Waals surface area contributed by atoms with E-state index in [1.807, 2.05) is 0 Å². The van der Waals surface area contributed by atoms with Gasteiger partial charge in [-0.05, 0) is 12.1 Å². The van der Waals surface area contributed by atoms with Gasteiger partial charge in [-0.2, -0.15) is 4.39 Å². The first-order valence-electron chi connectivity index (χ1n) is 9.11. The Morgan fingerprint density at radius 1 is 1.03 bits per heavy atom. The summed E-state index contributed by atoms with van der Waals surface area (Å²) < 4.78 is 77.5. The molecule has 7 nitrogen and oxygen atoms in total. The van der Waals surface area contributed by atoms with E-state index in [9.17, 15) is 27.2 Å². The van der Waals surface area contributed by atoms with Crippen molar-refractivity contribution < 1.29 is 50.8 Å². The van der Waals surface area contributed by atoms with Gasteiger partial charge in [0.05, 0.1) is 24.8 Å². The summed E-state index contributed by atoms with van der Waals surface area (Å²) in [6, 6.07) is 2.68. The molecule has 0 aliphatic rings. The van der Waals surface area contributed by atoms with E-state index in [1.165, 1.54) is 23.5 Å². The molecule has 0 N–H and O–H groups in total. The van der Waals surface area contributed by atoms with E-state index in [4.69, 9.17) is 30.5 Å². The number of benzene rings is 2. The number of esters is 1. The predicted octanol–water partition coefficient (Wildman–Crippen LogP) is 1.67. The lowest BCUT2D eigenvalue weighted by Crippen LogP contribution is -2.38. The van der Waals surface area contributed by atoms with Crippen LogP contribution < -0.4 is 18.9 Å². The Morgan fingerprint density at radius 2 is 1.64 bits per heavy atom. The van der Waals surface area contributed by atoms with Crippen LogP contribution in [0, 0.1) is 5.82 Å². The Hall–Kier alpha value is -3.02. The molecule has 2 aromatic carbocycles. The number of rotatable bonds is 8. The summed E-state index contributed by atoms with van der Waals surface area (Å²) in [6.07, 6.45) is -4.82. The normalized spacial score (nSPS) is 11.5. The number of methoxy groups -OCH3 is 2. The summed E-state index contributed by atoms with van der Waals surface area (Å²) >= 11 is 6.08. The number of hydrogen-bond donors (Lipinski definition) is 0. The van der Waals surface area contributed by atoms with Gasteiger partial charge in [0.2, 0.25) is 5.82 Å². The van der Waals surface area contributed by atoms with E-state index in [-0.39, 0.29) is 27.6 Å². The zero-order valence-corrected chi connectivity index (χ0v) is 18.8. The average molecular weight is 488 g/mol. The van der Waals surface area contributed by atoms with Gasteiger partial charge in [0.1, 0.15) is 40.6 Å². The lowest BCUT2D eigenvalue weighted by atomic mass is 9.52. The molecule has 15 heteroatoms. The second-order valence-electron chi connectivity index (χ2n) is 7.36. The van der Waals surface area contributed by atoms with Crippen LogP contribution in [0.2, 0.25) is 5.02 Å². The standard InChI is InChI=1S/C18H16B3ClF4O7/c1-29-14-7(6-27)8(22)5-11(12(14)16(28)30-2)31-10-4-3-9(32-18(24,25)26)13(23)15(10)33-17(19,20)21/h3-6H,19-21H2,1-2H3. The predicted molar refractivity (Wildman–Crippen MR) is 117 cm³/mol. The summed E-state index contributed by atoms with van der Waals surface area (Å²) in [5.41, 5.74) is -0.553. The van der Waals surface area contributed by atoms with Crippen molar-refractivity contribution in [2.24, 2.45) is 0 Å². The number of aldehydes is 1. The lowest BCUT2D eigenvalue weighted by Gasteiger charge is -2.25. The Balaban J connectivity index is 2.74. The quantitative estimate of drug-likeness (QED) is 0.242. The van der Waals surface area contributed by atoms with Crippen molar-refractivity contribution in [3.63, 3.8) is 0 Å². The molecule has 0 aliphatic heterocycles. The minimum atomic E-state index is -5.16. The van der Waals surface area contributed by atoms with Gasteiger partial charge < -0.3 is 23.7 Å². The second kappa shape index (κ2) is 9.86. The number of halogens is 5. The first-order valence-corrected chi connectivity index (χ1v) is 9.49. The number of ether oxygens (including phenoxy) is 5. The molecule has 33 heavy (non-hydrogen) atoms. The maximum absolute atomic E-state index is 14.9. The van der Waals surface area contributed by atoms with Crippen LogP contribution in [0.4, 0.5) is 17.6 Å². The highest BCUT2D eigenvalue weighted by Crippen LogP contribution is 2.44. The molecule has 0 atom stereocenters. The zero-order valence-electron chi connectivity index (χ0n) is 18.1. The smallest absolute Gasteiger partial charge is 0.508 e. The van der Waals surface area contributed by atoms with E-state index >= 15 is 0 Å². The van der Waals surface area contributed by atoms with Crippen LogP contribution in [0.1, 0.15) is 20.7 Å². The van der Waals surface area contributed by atoms with Gasteiger partial charge in [0.15, 0.2) is 23.5 Å². The highest BCUT2D eigenvalue weighted by Gasteiger charge is 2.35. The van der Waals surface area contributed by atoms with Gasteiger partial charge in [-0.25, -0.2) is 4.79 Å². The highest BCUT2D eigenvalue weighted by molar-refractivity contribution is 6.58. The molecule has 0 radical (unpaired) electrons. The second-order valence-corrected chi connectivity index (χ2v) is 7.76. The molecule has 0 heterocycles. The molecule has 0 amide bonds. The molecule has 2 aromatic rings. The molecular weight excluding hydrogens is 472 g/mol. The Labute approximate surface area is 193 Å². The van der Waals surface area contributed by atoms with Crippen LogP contribution in [0.3, 0.4) is 0 Å². The van der Waals surface area contributed by atoms with Crippen molar-refractivity contribution in [3.05, 3.63) is 40.2 Å². The van der Waals surface area contributed by atoms with Crippen molar-refractivity contribution in [3.8, 4) is 28.7 Å². The van der Waals surface area contributed by atoms with Gasteiger partial charge >= 0.3 is 12.3 Å². The molecule has 0 bridgehead atoms. The summed E-state index contributed by atoms with van der Waals surface area (Å²) in [5, 5.41) is -1.25. The fourth-order valence-electron chi connectivity index (χ4n) is 2.64. The van der Waals surface area contributed by atoms with Gasteiger partial charge in [-0.15, -0.1) is 13.2 Å². The van der Waals surface area contributed by atoms with Gasteiger partial charge in [-0.3, -0.25) is 4.79 Å². The van der Waals surface area contributed by atoms with E-state index in [0.717, 1.165) is 26.4 Å². The maximum atomic E-state index is 14.9. The molecule has 0 aliphatic carbocycles. The van der Waals surface area contributed by atoms with Gasteiger partial charge in [-0.1, -0.05) is 11.6 Å². The highest BCUT2D eigenvalue weighted by atomic mass is 35.5. The first kappa shape index (κ1) is 26.2. The van der Waals surface area contributed by atoms with Crippen molar-refractivity contribution in [1.29, 1.82) is 0 Å². The van der Waals surface area contributed by atoms with E-state index in [0.29, 0.717) is 12.4 Å². The molecule has 174 valence electrons.